The molecule has 0 N–H and O–H groups in total. The Bertz CT molecular complexity index is 6160. The number of ether oxygens (including phenoxy) is 8. The van der Waals surface area contributed by atoms with E-state index in [1.165, 1.54) is 0 Å². The molecule has 0 unspecified atom stereocenters. The molecule has 8 aromatic carbocycles. The van der Waals surface area contributed by atoms with Crippen LogP contribution in [0.5, 0.6) is 46.0 Å². The summed E-state index contributed by atoms with van der Waals surface area (Å²) < 4.78 is 61.1. The van der Waals surface area contributed by atoms with Gasteiger partial charge in [-0.05, 0) is 221 Å². The second-order valence-corrected chi connectivity index (χ2v) is 37.3. The maximum Gasteiger partial charge on any atom is 0.230 e. The molecule has 5 aliphatic rings. The summed E-state index contributed by atoms with van der Waals surface area (Å²) in [5, 5.41) is 0. The van der Waals surface area contributed by atoms with Crippen LogP contribution in [0, 0.1) is 51.4 Å². The number of aromatic nitrogens is 8. The summed E-state index contributed by atoms with van der Waals surface area (Å²) in [6.07, 6.45) is 2.72. The van der Waals surface area contributed by atoms with Crippen molar-refractivity contribution in [3.63, 3.8) is 0 Å². The van der Waals surface area contributed by atoms with Crippen molar-refractivity contribution in [2.75, 3.05) is 27.2 Å². The van der Waals surface area contributed by atoms with Gasteiger partial charge in [-0.25, -0.2) is 19.9 Å². The summed E-state index contributed by atoms with van der Waals surface area (Å²) in [6, 6.07) is 93.5. The lowest BCUT2D eigenvalue weighted by Gasteiger charge is -2.38. The molecule has 21 rings (SSSR count). The lowest BCUT2D eigenvalue weighted by molar-refractivity contribution is 0.100. The molecule has 16 nitrogen and oxygen atoms in total. The van der Waals surface area contributed by atoms with E-state index in [1.807, 2.05) is 125 Å². The lowest BCUT2D eigenvalue weighted by atomic mass is 9.72. The Labute approximate surface area is 771 Å². The van der Waals surface area contributed by atoms with Gasteiger partial charge in [0.1, 0.15) is 46.0 Å². The zero-order valence-electron chi connectivity index (χ0n) is 76.5. The van der Waals surface area contributed by atoms with Crippen molar-refractivity contribution in [1.82, 2.24) is 39.9 Å². The van der Waals surface area contributed by atoms with E-state index in [9.17, 15) is 0 Å². The molecule has 8 bridgehead atoms. The van der Waals surface area contributed by atoms with Gasteiger partial charge < -0.3 is 37.9 Å². The number of pyridine rings is 8. The molecule has 8 aromatic heterocycles. The van der Waals surface area contributed by atoms with Gasteiger partial charge in [0.25, 0.3) is 0 Å². The Hall–Kier alpha value is -14.6. The highest BCUT2D eigenvalue weighted by Crippen LogP contribution is 2.63. The van der Waals surface area contributed by atoms with Gasteiger partial charge in [-0.15, -0.1) is 0 Å². The summed E-state index contributed by atoms with van der Waals surface area (Å²) in [5.74, 6) is 4.23. The fourth-order valence-corrected chi connectivity index (χ4v) is 20.2. The Kier molecular flexibility index (Phi) is 22.5. The molecule has 16 aromatic rings. The van der Waals surface area contributed by atoms with Gasteiger partial charge in [-0.1, -0.05) is 201 Å². The van der Waals surface area contributed by atoms with E-state index in [1.54, 1.807) is 0 Å². The lowest BCUT2D eigenvalue weighted by Crippen LogP contribution is -2.25. The van der Waals surface area contributed by atoms with Gasteiger partial charge in [0.05, 0.1) is 90.6 Å². The minimum atomic E-state index is -0.394. The molecule has 12 heterocycles. The van der Waals surface area contributed by atoms with Crippen molar-refractivity contribution in [2.24, 2.45) is 23.7 Å². The molecular formula is C116H104N8O8. The first-order valence-electron chi connectivity index (χ1n) is 46.3. The van der Waals surface area contributed by atoms with E-state index in [0.717, 1.165) is 202 Å². The van der Waals surface area contributed by atoms with E-state index < -0.39 is 23.7 Å². The van der Waals surface area contributed by atoms with Crippen LogP contribution in [0.1, 0.15) is 172 Å². The number of hydrogen-bond acceptors (Lipinski definition) is 16. The van der Waals surface area contributed by atoms with Crippen molar-refractivity contribution in [3.05, 3.63) is 334 Å². The molecule has 132 heavy (non-hydrogen) atoms. The Balaban J connectivity index is 0.857. The zero-order chi connectivity index (χ0) is 90.1. The molecular weight excluding hydrogens is 1630 g/mol. The normalized spacial score (nSPS) is 15.6. The van der Waals surface area contributed by atoms with Gasteiger partial charge in [-0.2, -0.15) is 0 Å². The van der Waals surface area contributed by atoms with E-state index in [0.29, 0.717) is 71.7 Å². The molecule has 0 saturated heterocycles. The Morgan fingerprint density at radius 1 is 0.197 bits per heavy atom. The highest BCUT2D eigenvalue weighted by Gasteiger charge is 2.44. The van der Waals surface area contributed by atoms with Gasteiger partial charge in [0.2, 0.25) is 27.2 Å². The van der Waals surface area contributed by atoms with Crippen molar-refractivity contribution in [2.45, 2.75) is 132 Å². The predicted octanol–water partition coefficient (Wildman–Crippen LogP) is 28.0. The number of rotatable bonds is 20. The quantitative estimate of drug-likeness (QED) is 0.0703. The van der Waals surface area contributed by atoms with Gasteiger partial charge >= 0.3 is 0 Å². The predicted molar refractivity (Wildman–Crippen MR) is 522 cm³/mol. The van der Waals surface area contributed by atoms with Crippen LogP contribution in [0.15, 0.2) is 267 Å². The maximum atomic E-state index is 7.64. The van der Waals surface area contributed by atoms with Gasteiger partial charge in [0, 0.05) is 113 Å². The van der Waals surface area contributed by atoms with Crippen molar-refractivity contribution < 1.29 is 37.9 Å². The number of benzene rings is 8. The fraction of sp³-hybridized carbons (Fsp3) is 0.241. The minimum Gasteiger partial charge on any atom is -0.456 e. The van der Waals surface area contributed by atoms with Crippen LogP contribution in [0.25, 0.3) is 135 Å². The monoisotopic (exact) mass is 1740 g/mol. The highest BCUT2D eigenvalue weighted by molar-refractivity contribution is 5.91. The third-order valence-corrected chi connectivity index (χ3v) is 26.1. The van der Waals surface area contributed by atoms with Crippen LogP contribution in [0.4, 0.5) is 0 Å². The largest absolute Gasteiger partial charge is 0.456 e. The van der Waals surface area contributed by atoms with Crippen LogP contribution in [0.3, 0.4) is 0 Å². The van der Waals surface area contributed by atoms with Crippen LogP contribution < -0.4 is 37.9 Å². The minimum absolute atomic E-state index is 0.128. The Morgan fingerprint density at radius 3 is 0.515 bits per heavy atom. The molecule has 0 fully saturated rings. The van der Waals surface area contributed by atoms with Crippen LogP contribution in [-0.4, -0.2) is 67.0 Å². The molecule has 0 amide bonds. The first-order chi connectivity index (χ1) is 64.3. The highest BCUT2D eigenvalue weighted by atomic mass is 16.7. The van der Waals surface area contributed by atoms with E-state index >= 15 is 0 Å². The van der Waals surface area contributed by atoms with E-state index in [4.69, 9.17) is 77.8 Å². The van der Waals surface area contributed by atoms with E-state index in [-0.39, 0.29) is 50.8 Å². The third kappa shape index (κ3) is 16.2. The molecule has 0 atom stereocenters. The fourth-order valence-electron chi connectivity index (χ4n) is 20.2. The van der Waals surface area contributed by atoms with Crippen LogP contribution >= 0.6 is 0 Å². The summed E-state index contributed by atoms with van der Waals surface area (Å²) in [6.45, 7) is 25.9. The first-order valence-corrected chi connectivity index (χ1v) is 46.3. The molecule has 0 spiro atoms. The van der Waals surface area contributed by atoms with Gasteiger partial charge in [0.15, 0.2) is 0 Å². The summed E-state index contributed by atoms with van der Waals surface area (Å²) in [4.78, 5) is 40.6. The van der Waals surface area contributed by atoms with E-state index in [2.05, 4.69) is 225 Å². The molecule has 0 radical (unpaired) electrons. The maximum absolute atomic E-state index is 7.64. The molecule has 0 saturated carbocycles. The second-order valence-electron chi connectivity index (χ2n) is 37.3. The standard InChI is InChI=1S/C116H104N8O8/c1-65(2)53-81-85-57-87-82(54-66(3)4)89-59-91-84(56-68(7)8)92-60-90-83(55-67(5)6)88-58-86(81)110-106(78-47-39-74(40-48-78)94-26-18-34-102(122-94)98-30-14-22-70(10)118-98)112(88)128-63-130-114(90)108(80-51-43-76(44-52-80)96-28-20-36-104(124-96)100-32-16-24-72(12)120-100)116(92)132-64-131-115(91)107(79-49-41-75(42-50-79)95-27-19-35-103(123-95)99-31-15-23-71(11)119-99)113(89)129-62-127-111(87)105(109(85)125-61-126-110)77-45-37-73(38-46-77)93-25-17-33-101(121-93)97-29-13-21-69(9)117-97/h13-52,57-60,65-68,81-84H,53-56,61-64H2,1-12H3. The van der Waals surface area contributed by atoms with Crippen molar-refractivity contribution in [3.8, 4) is 181 Å². The van der Waals surface area contributed by atoms with Gasteiger partial charge in [-0.3, -0.25) is 19.9 Å². The average Bonchev–Trinajstić information content (AvgIpc) is 0.710. The average molecular weight is 1740 g/mol. The zero-order valence-corrected chi connectivity index (χ0v) is 76.5. The topological polar surface area (TPSA) is 177 Å². The van der Waals surface area contributed by atoms with Crippen LogP contribution in [-0.2, 0) is 0 Å². The summed E-state index contributed by atoms with van der Waals surface area (Å²) in [5.41, 5.74) is 31.9. The smallest absolute Gasteiger partial charge is 0.230 e. The Morgan fingerprint density at radius 2 is 0.348 bits per heavy atom. The second kappa shape index (κ2) is 35.3. The molecule has 656 valence electrons. The van der Waals surface area contributed by atoms with Crippen LogP contribution in [0.2, 0.25) is 0 Å². The first kappa shape index (κ1) is 84.2. The number of aryl methyl sites for hydroxylation is 4. The molecule has 1 aliphatic carbocycles. The van der Waals surface area contributed by atoms with Crippen molar-refractivity contribution >= 4 is 0 Å². The van der Waals surface area contributed by atoms with Crippen molar-refractivity contribution in [1.29, 1.82) is 0 Å². The summed E-state index contributed by atoms with van der Waals surface area (Å²) in [7, 11) is 0. The summed E-state index contributed by atoms with van der Waals surface area (Å²) >= 11 is 0. The molecule has 4 aliphatic heterocycles. The molecule has 16 heteroatoms. The number of nitrogens with zero attached hydrogens (tertiary/aromatic N) is 8. The third-order valence-electron chi connectivity index (χ3n) is 26.1. The number of hydrogen-bond donors (Lipinski definition) is 0. The SMILES string of the molecule is Cc1cccc(-c2cccc(-c3ccc(-c4c5c6cc7c4OCOc4c(cc8c(c4-c4ccc(-c9cccc(-c%10cccc(C)n%10)n9)cc4)OCOc4c(cc9c(c4-c4ccc(-c%10cccc(-c%11cccc(C)n%11)n%10)cc4)OCOc4c(cc(c(c4-c4ccc(-c%10cccc(-c%11cccc(C)n%11)n%10)cc4)OCO5)C6CC(C)C)C9CC(C)C)C8CC(C)C)C7CC(C)C)cc3)n2)n1.